The number of nitrogens with zero attached hydrogens (tertiary/aromatic N) is 3. The van der Waals surface area contributed by atoms with Crippen LogP contribution in [0.3, 0.4) is 0 Å². The lowest BCUT2D eigenvalue weighted by Gasteiger charge is -2.39. The Morgan fingerprint density at radius 3 is 2.50 bits per heavy atom. The molecule has 1 atom stereocenters. The van der Waals surface area contributed by atoms with Gasteiger partial charge in [0.25, 0.3) is 0 Å². The first-order valence-corrected chi connectivity index (χ1v) is 11.2. The molecule has 4 nitrogen and oxygen atoms in total. The van der Waals surface area contributed by atoms with Gasteiger partial charge in [-0.15, -0.1) is 0 Å². The summed E-state index contributed by atoms with van der Waals surface area (Å²) in [7, 11) is 0. The molecule has 0 aliphatic carbocycles. The van der Waals surface area contributed by atoms with Gasteiger partial charge in [-0.05, 0) is 49.2 Å². The summed E-state index contributed by atoms with van der Waals surface area (Å²) < 4.78 is 14.0. The van der Waals surface area contributed by atoms with Gasteiger partial charge in [-0.2, -0.15) is 0 Å². The third-order valence-electron chi connectivity index (χ3n) is 6.03. The lowest BCUT2D eigenvalue weighted by Crippen LogP contribution is -2.52. The summed E-state index contributed by atoms with van der Waals surface area (Å²) in [6, 6.07) is 12.5. The number of likely N-dealkylation sites (tertiary alicyclic amines) is 1. The molecule has 2 aromatic carbocycles. The average molecular weight is 450 g/mol. The van der Waals surface area contributed by atoms with Gasteiger partial charge in [0.1, 0.15) is 5.82 Å². The van der Waals surface area contributed by atoms with E-state index >= 15 is 0 Å². The van der Waals surface area contributed by atoms with Crippen molar-refractivity contribution < 1.29 is 9.18 Å². The molecule has 2 heterocycles. The Morgan fingerprint density at radius 1 is 1.00 bits per heavy atom. The highest BCUT2D eigenvalue weighted by molar-refractivity contribution is 6.42. The fourth-order valence-corrected chi connectivity index (χ4v) is 4.75. The van der Waals surface area contributed by atoms with Crippen LogP contribution < -0.4 is 4.90 Å². The Hall–Kier alpha value is -1.82. The number of benzene rings is 2. The van der Waals surface area contributed by atoms with Crippen LogP contribution in [0.15, 0.2) is 42.5 Å². The summed E-state index contributed by atoms with van der Waals surface area (Å²) in [5, 5.41) is 1.12. The van der Waals surface area contributed by atoms with Crippen molar-refractivity contribution in [3.63, 3.8) is 0 Å². The number of hydrogen-bond donors (Lipinski definition) is 0. The Kier molecular flexibility index (Phi) is 6.81. The number of para-hydroxylation sites is 1. The molecular formula is C23H26Cl2FN3O. The van der Waals surface area contributed by atoms with E-state index in [1.54, 1.807) is 12.1 Å². The molecular weight excluding hydrogens is 424 g/mol. The molecule has 2 saturated heterocycles. The van der Waals surface area contributed by atoms with Crippen LogP contribution in [0.25, 0.3) is 0 Å². The maximum atomic E-state index is 14.0. The van der Waals surface area contributed by atoms with Gasteiger partial charge in [0.05, 0.1) is 21.7 Å². The van der Waals surface area contributed by atoms with E-state index in [1.807, 2.05) is 34.1 Å². The highest BCUT2D eigenvalue weighted by atomic mass is 35.5. The van der Waals surface area contributed by atoms with E-state index in [4.69, 9.17) is 23.2 Å². The summed E-state index contributed by atoms with van der Waals surface area (Å²) in [6.45, 7) is 5.09. The topological polar surface area (TPSA) is 26.8 Å². The molecule has 0 N–H and O–H groups in total. The highest BCUT2D eigenvalue weighted by Gasteiger charge is 2.31. The number of carbonyl (C=O) groups excluding carboxylic acids is 1. The summed E-state index contributed by atoms with van der Waals surface area (Å²) >= 11 is 12.2. The highest BCUT2D eigenvalue weighted by Crippen LogP contribution is 2.26. The number of anilines is 1. The molecule has 2 fully saturated rings. The van der Waals surface area contributed by atoms with E-state index in [-0.39, 0.29) is 17.6 Å². The number of carbonyl (C=O) groups is 1. The van der Waals surface area contributed by atoms with Crippen LogP contribution in [0.4, 0.5) is 10.1 Å². The van der Waals surface area contributed by atoms with Crippen LogP contribution in [0.2, 0.25) is 10.0 Å². The fraction of sp³-hybridized carbons (Fsp3) is 0.435. The number of amides is 1. The van der Waals surface area contributed by atoms with Crippen molar-refractivity contribution in [2.24, 2.45) is 5.92 Å². The maximum Gasteiger partial charge on any atom is 0.227 e. The van der Waals surface area contributed by atoms with Crippen molar-refractivity contribution in [2.75, 3.05) is 44.2 Å². The number of piperidine rings is 1. The Labute approximate surface area is 187 Å². The van der Waals surface area contributed by atoms with Gasteiger partial charge in [-0.25, -0.2) is 4.39 Å². The van der Waals surface area contributed by atoms with Crippen LogP contribution in [0.1, 0.15) is 18.4 Å². The summed E-state index contributed by atoms with van der Waals surface area (Å²) in [5.41, 5.74) is 1.73. The summed E-state index contributed by atoms with van der Waals surface area (Å²) in [4.78, 5) is 19.4. The zero-order valence-electron chi connectivity index (χ0n) is 16.9. The molecule has 30 heavy (non-hydrogen) atoms. The fourth-order valence-electron chi connectivity index (χ4n) is 4.43. The normalized spacial score (nSPS) is 20.4. The molecule has 0 radical (unpaired) electrons. The zero-order chi connectivity index (χ0) is 21.1. The first-order chi connectivity index (χ1) is 14.5. The first-order valence-electron chi connectivity index (χ1n) is 10.5. The van der Waals surface area contributed by atoms with Crippen LogP contribution in [0, 0.1) is 11.7 Å². The molecule has 1 amide bonds. The number of hydrogen-bond acceptors (Lipinski definition) is 3. The molecule has 0 spiro atoms. The van der Waals surface area contributed by atoms with E-state index in [2.05, 4.69) is 4.90 Å². The molecule has 4 rings (SSSR count). The monoisotopic (exact) mass is 449 g/mol. The van der Waals surface area contributed by atoms with Gasteiger partial charge in [0.15, 0.2) is 0 Å². The predicted molar refractivity (Wildman–Crippen MR) is 120 cm³/mol. The largest absolute Gasteiger partial charge is 0.366 e. The second-order valence-electron chi connectivity index (χ2n) is 8.09. The third-order valence-corrected chi connectivity index (χ3v) is 6.77. The van der Waals surface area contributed by atoms with Crippen LogP contribution >= 0.6 is 23.2 Å². The van der Waals surface area contributed by atoms with E-state index < -0.39 is 0 Å². The molecule has 2 aromatic rings. The average Bonchev–Trinajstić information content (AvgIpc) is 2.76. The Bertz CT molecular complexity index is 902. The van der Waals surface area contributed by atoms with Crippen molar-refractivity contribution in [1.29, 1.82) is 0 Å². The van der Waals surface area contributed by atoms with Gasteiger partial charge in [0, 0.05) is 39.3 Å². The SMILES string of the molecule is O=C(C1CCCN(Cc2ccc(Cl)c(Cl)c2)C1)N1CCN(c2ccccc2F)CC1. The summed E-state index contributed by atoms with van der Waals surface area (Å²) in [5.74, 6) is 0.0334. The van der Waals surface area contributed by atoms with Crippen LogP contribution in [-0.4, -0.2) is 55.0 Å². The maximum absolute atomic E-state index is 14.0. The van der Waals surface area contributed by atoms with Crippen molar-refractivity contribution in [3.8, 4) is 0 Å². The Morgan fingerprint density at radius 2 is 1.77 bits per heavy atom. The zero-order valence-corrected chi connectivity index (χ0v) is 18.4. The van der Waals surface area contributed by atoms with Crippen molar-refractivity contribution in [3.05, 3.63) is 63.9 Å². The number of rotatable bonds is 4. The first kappa shape index (κ1) is 21.4. The van der Waals surface area contributed by atoms with E-state index in [0.29, 0.717) is 41.9 Å². The second-order valence-corrected chi connectivity index (χ2v) is 8.90. The number of piperazine rings is 1. The lowest BCUT2D eigenvalue weighted by molar-refractivity contribution is -0.137. The molecule has 0 aromatic heterocycles. The van der Waals surface area contributed by atoms with Crippen LogP contribution in [-0.2, 0) is 11.3 Å². The lowest BCUT2D eigenvalue weighted by atomic mass is 9.95. The molecule has 0 bridgehead atoms. The summed E-state index contributed by atoms with van der Waals surface area (Å²) in [6.07, 6.45) is 1.93. The van der Waals surface area contributed by atoms with Crippen molar-refractivity contribution in [2.45, 2.75) is 19.4 Å². The quantitative estimate of drug-likeness (QED) is 0.676. The molecule has 1 unspecified atom stereocenters. The van der Waals surface area contributed by atoms with Crippen molar-refractivity contribution >= 4 is 34.8 Å². The second kappa shape index (κ2) is 9.54. The van der Waals surface area contributed by atoms with Gasteiger partial charge in [-0.1, -0.05) is 41.4 Å². The molecule has 7 heteroatoms. The van der Waals surface area contributed by atoms with Crippen LogP contribution in [0.5, 0.6) is 0 Å². The third kappa shape index (κ3) is 4.90. The van der Waals surface area contributed by atoms with Crippen molar-refractivity contribution in [1.82, 2.24) is 9.80 Å². The number of halogens is 3. The standard InChI is InChI=1S/C23H26Cl2FN3O/c24-19-8-7-17(14-20(19)25)15-27-9-3-4-18(16-27)23(30)29-12-10-28(11-13-29)22-6-2-1-5-21(22)26/h1-2,5-8,14,18H,3-4,9-13,15-16H2. The molecule has 160 valence electrons. The van der Waals surface area contributed by atoms with E-state index in [9.17, 15) is 9.18 Å². The Balaban J connectivity index is 1.32. The van der Waals surface area contributed by atoms with E-state index in [1.165, 1.54) is 6.07 Å². The van der Waals surface area contributed by atoms with Gasteiger partial charge >= 0.3 is 0 Å². The minimum absolute atomic E-state index is 0.0153. The molecule has 2 aliphatic rings. The predicted octanol–water partition coefficient (Wildman–Crippen LogP) is 4.69. The van der Waals surface area contributed by atoms with Gasteiger partial charge < -0.3 is 9.80 Å². The minimum atomic E-state index is -0.206. The smallest absolute Gasteiger partial charge is 0.227 e. The molecule has 0 saturated carbocycles. The van der Waals surface area contributed by atoms with Gasteiger partial charge in [-0.3, -0.25) is 9.69 Å². The van der Waals surface area contributed by atoms with E-state index in [0.717, 1.165) is 38.0 Å². The molecule has 2 aliphatic heterocycles. The van der Waals surface area contributed by atoms with Gasteiger partial charge in [0.2, 0.25) is 5.91 Å². The minimum Gasteiger partial charge on any atom is -0.366 e.